The first-order valence-electron chi connectivity index (χ1n) is 8.66. The predicted octanol–water partition coefficient (Wildman–Crippen LogP) is 1.97. The maximum absolute atomic E-state index is 12.5. The number of ether oxygens (including phenoxy) is 1. The summed E-state index contributed by atoms with van der Waals surface area (Å²) in [5, 5.41) is 3.14. The molecule has 0 radical (unpaired) electrons. The lowest BCUT2D eigenvalue weighted by atomic mass is 10.1. The first kappa shape index (κ1) is 16.5. The van der Waals surface area contributed by atoms with E-state index in [0.29, 0.717) is 11.4 Å². The Balaban J connectivity index is 1.33. The molecule has 0 aliphatic carbocycles. The standard InChI is InChI=1S/C19H21N5O2/c1-26-18-5-2-13(9-20-18)10-24-7-6-15(11-24)23-19(25)14-3-4-16-17(8-14)22-12-21-16/h2-5,8-9,12,15H,6-7,10-11H2,1H3,(H,21,22)(H,23,25). The Hall–Kier alpha value is -2.93. The minimum atomic E-state index is -0.0422. The van der Waals surface area contributed by atoms with Crippen molar-refractivity contribution >= 4 is 16.9 Å². The van der Waals surface area contributed by atoms with Gasteiger partial charge in [-0.15, -0.1) is 0 Å². The predicted molar refractivity (Wildman–Crippen MR) is 98.0 cm³/mol. The number of carbonyl (C=O) groups is 1. The zero-order chi connectivity index (χ0) is 17.9. The highest BCUT2D eigenvalue weighted by Gasteiger charge is 2.24. The summed E-state index contributed by atoms with van der Waals surface area (Å²) < 4.78 is 5.09. The van der Waals surface area contributed by atoms with Gasteiger partial charge in [0.1, 0.15) is 0 Å². The van der Waals surface area contributed by atoms with E-state index in [1.807, 2.05) is 36.5 Å². The van der Waals surface area contributed by atoms with E-state index >= 15 is 0 Å². The molecule has 26 heavy (non-hydrogen) atoms. The average molecular weight is 351 g/mol. The summed E-state index contributed by atoms with van der Waals surface area (Å²) in [6, 6.07) is 9.57. The molecule has 1 aromatic carbocycles. The number of benzene rings is 1. The highest BCUT2D eigenvalue weighted by molar-refractivity contribution is 5.97. The molecule has 0 saturated carbocycles. The minimum Gasteiger partial charge on any atom is -0.481 e. The van der Waals surface area contributed by atoms with Crippen LogP contribution < -0.4 is 10.1 Å². The molecular weight excluding hydrogens is 330 g/mol. The number of hydrogen-bond donors (Lipinski definition) is 2. The number of nitrogens with one attached hydrogen (secondary N) is 2. The number of rotatable bonds is 5. The number of amides is 1. The Labute approximate surface area is 151 Å². The van der Waals surface area contributed by atoms with Crippen LogP contribution in [0.25, 0.3) is 11.0 Å². The molecule has 7 nitrogen and oxygen atoms in total. The number of hydrogen-bond acceptors (Lipinski definition) is 5. The van der Waals surface area contributed by atoms with Crippen LogP contribution in [0.2, 0.25) is 0 Å². The lowest BCUT2D eigenvalue weighted by Crippen LogP contribution is -2.37. The van der Waals surface area contributed by atoms with Gasteiger partial charge in [0, 0.05) is 43.5 Å². The molecule has 1 saturated heterocycles. The van der Waals surface area contributed by atoms with Crippen LogP contribution in [0.4, 0.5) is 0 Å². The van der Waals surface area contributed by atoms with Crippen LogP contribution in [0, 0.1) is 0 Å². The highest BCUT2D eigenvalue weighted by atomic mass is 16.5. The molecule has 0 bridgehead atoms. The largest absolute Gasteiger partial charge is 0.481 e. The van der Waals surface area contributed by atoms with Gasteiger partial charge in [-0.25, -0.2) is 9.97 Å². The monoisotopic (exact) mass is 351 g/mol. The Bertz CT molecular complexity index is 906. The van der Waals surface area contributed by atoms with Crippen LogP contribution in [-0.4, -0.2) is 52.0 Å². The fraction of sp³-hybridized carbons (Fsp3) is 0.316. The summed E-state index contributed by atoms with van der Waals surface area (Å²) in [7, 11) is 1.61. The van der Waals surface area contributed by atoms with Crippen molar-refractivity contribution in [1.29, 1.82) is 0 Å². The van der Waals surface area contributed by atoms with Crippen molar-refractivity contribution in [1.82, 2.24) is 25.2 Å². The van der Waals surface area contributed by atoms with Gasteiger partial charge < -0.3 is 15.0 Å². The number of H-pyrrole nitrogens is 1. The normalized spacial score (nSPS) is 17.5. The van der Waals surface area contributed by atoms with Gasteiger partial charge >= 0.3 is 0 Å². The minimum absolute atomic E-state index is 0.0422. The molecule has 2 aromatic heterocycles. The first-order chi connectivity index (χ1) is 12.7. The maximum Gasteiger partial charge on any atom is 0.251 e. The summed E-state index contributed by atoms with van der Waals surface area (Å²) >= 11 is 0. The molecule has 3 aromatic rings. The number of aromatic nitrogens is 3. The number of methoxy groups -OCH3 is 1. The van der Waals surface area contributed by atoms with Crippen LogP contribution >= 0.6 is 0 Å². The van der Waals surface area contributed by atoms with Crippen molar-refractivity contribution in [2.75, 3.05) is 20.2 Å². The third-order valence-electron chi connectivity index (χ3n) is 4.70. The van der Waals surface area contributed by atoms with Gasteiger partial charge in [-0.1, -0.05) is 6.07 Å². The fourth-order valence-electron chi connectivity index (χ4n) is 3.32. The molecule has 4 rings (SSSR count). The van der Waals surface area contributed by atoms with Crippen molar-refractivity contribution in [2.24, 2.45) is 0 Å². The van der Waals surface area contributed by atoms with Gasteiger partial charge in [-0.05, 0) is 30.2 Å². The number of likely N-dealkylation sites (tertiary alicyclic amines) is 1. The number of fused-ring (bicyclic) bond motifs is 1. The van der Waals surface area contributed by atoms with Gasteiger partial charge in [0.25, 0.3) is 5.91 Å². The topological polar surface area (TPSA) is 83.1 Å². The Morgan fingerprint density at radius 1 is 1.35 bits per heavy atom. The van der Waals surface area contributed by atoms with E-state index in [1.165, 1.54) is 0 Å². The third-order valence-corrected chi connectivity index (χ3v) is 4.70. The van der Waals surface area contributed by atoms with Crippen molar-refractivity contribution in [3.8, 4) is 5.88 Å². The second-order valence-electron chi connectivity index (χ2n) is 6.54. The van der Waals surface area contributed by atoms with E-state index in [0.717, 1.165) is 42.7 Å². The van der Waals surface area contributed by atoms with Gasteiger partial charge in [-0.3, -0.25) is 9.69 Å². The van der Waals surface area contributed by atoms with E-state index in [9.17, 15) is 4.79 Å². The van der Waals surface area contributed by atoms with Crippen molar-refractivity contribution in [3.05, 3.63) is 54.0 Å². The van der Waals surface area contributed by atoms with Crippen LogP contribution in [0.5, 0.6) is 5.88 Å². The zero-order valence-electron chi connectivity index (χ0n) is 14.6. The molecule has 0 spiro atoms. The smallest absolute Gasteiger partial charge is 0.251 e. The van der Waals surface area contributed by atoms with Crippen molar-refractivity contribution < 1.29 is 9.53 Å². The lowest BCUT2D eigenvalue weighted by Gasteiger charge is -2.17. The molecule has 1 aliphatic rings. The maximum atomic E-state index is 12.5. The highest BCUT2D eigenvalue weighted by Crippen LogP contribution is 2.16. The van der Waals surface area contributed by atoms with E-state index in [4.69, 9.17) is 4.74 Å². The zero-order valence-corrected chi connectivity index (χ0v) is 14.6. The van der Waals surface area contributed by atoms with Gasteiger partial charge in [0.2, 0.25) is 5.88 Å². The molecular formula is C19H21N5O2. The number of nitrogens with zero attached hydrogens (tertiary/aromatic N) is 3. The molecule has 1 aliphatic heterocycles. The summed E-state index contributed by atoms with van der Waals surface area (Å²) in [5.74, 6) is 0.578. The second-order valence-corrected chi connectivity index (χ2v) is 6.54. The molecule has 3 heterocycles. The summed E-state index contributed by atoms with van der Waals surface area (Å²) in [4.78, 5) is 26.3. The summed E-state index contributed by atoms with van der Waals surface area (Å²) in [5.41, 5.74) is 3.53. The SMILES string of the molecule is COc1ccc(CN2CCC(NC(=O)c3ccc4nc[nH]c4c3)C2)cn1. The van der Waals surface area contributed by atoms with Crippen LogP contribution in [0.3, 0.4) is 0 Å². The number of aromatic amines is 1. The van der Waals surface area contributed by atoms with Gasteiger partial charge in [0.05, 0.1) is 24.5 Å². The van der Waals surface area contributed by atoms with Crippen molar-refractivity contribution in [2.45, 2.75) is 19.0 Å². The number of carbonyl (C=O) groups excluding carboxylic acids is 1. The average Bonchev–Trinajstić information content (AvgIpc) is 3.31. The van der Waals surface area contributed by atoms with Crippen LogP contribution in [-0.2, 0) is 6.54 Å². The van der Waals surface area contributed by atoms with E-state index in [1.54, 1.807) is 13.4 Å². The molecule has 1 atom stereocenters. The fourth-order valence-corrected chi connectivity index (χ4v) is 3.32. The first-order valence-corrected chi connectivity index (χ1v) is 8.66. The Morgan fingerprint density at radius 3 is 3.08 bits per heavy atom. The lowest BCUT2D eigenvalue weighted by molar-refractivity contribution is 0.0937. The molecule has 1 fully saturated rings. The Kier molecular flexibility index (Phi) is 4.53. The van der Waals surface area contributed by atoms with Crippen LogP contribution in [0.15, 0.2) is 42.9 Å². The molecule has 1 amide bonds. The van der Waals surface area contributed by atoms with Gasteiger partial charge in [0.15, 0.2) is 0 Å². The summed E-state index contributed by atoms with van der Waals surface area (Å²) in [6.45, 7) is 2.62. The van der Waals surface area contributed by atoms with E-state index in [-0.39, 0.29) is 11.9 Å². The van der Waals surface area contributed by atoms with Gasteiger partial charge in [-0.2, -0.15) is 0 Å². The third kappa shape index (κ3) is 3.52. The molecule has 1 unspecified atom stereocenters. The number of imidazole rings is 1. The molecule has 134 valence electrons. The molecule has 7 heteroatoms. The Morgan fingerprint density at radius 2 is 2.27 bits per heavy atom. The van der Waals surface area contributed by atoms with Crippen LogP contribution in [0.1, 0.15) is 22.3 Å². The quantitative estimate of drug-likeness (QED) is 0.734. The number of pyridine rings is 1. The summed E-state index contributed by atoms with van der Waals surface area (Å²) in [6.07, 6.45) is 4.42. The van der Waals surface area contributed by atoms with E-state index < -0.39 is 0 Å². The second kappa shape index (κ2) is 7.13. The van der Waals surface area contributed by atoms with E-state index in [2.05, 4.69) is 25.2 Å². The molecule has 2 N–H and O–H groups in total. The van der Waals surface area contributed by atoms with Crippen molar-refractivity contribution in [3.63, 3.8) is 0 Å².